The molecule has 2 rings (SSSR count). The molecule has 2 aromatic rings. The van der Waals surface area contributed by atoms with Crippen molar-refractivity contribution in [2.45, 2.75) is 17.7 Å². The van der Waals surface area contributed by atoms with Gasteiger partial charge < -0.3 is 4.90 Å². The highest BCUT2D eigenvalue weighted by Gasteiger charge is 2.12. The number of aromatic nitrogens is 2. The number of para-hydroxylation sites is 1. The first-order valence-electron chi connectivity index (χ1n) is 6.93. The molecule has 0 aliphatic heterocycles. The Balaban J connectivity index is 2.05. The maximum absolute atomic E-state index is 12.0. The minimum absolute atomic E-state index is 0.0196. The molecule has 8 heteroatoms. The fraction of sp³-hybridized carbons (Fsp3) is 0.333. The summed E-state index contributed by atoms with van der Waals surface area (Å²) in [5, 5.41) is 13.1. The third kappa shape index (κ3) is 4.64. The van der Waals surface area contributed by atoms with Gasteiger partial charge in [-0.1, -0.05) is 41.3 Å². The largest absolute Gasteiger partial charge is 0.344 e. The Labute approximate surface area is 148 Å². The number of benzene rings is 1. The zero-order valence-corrected chi connectivity index (χ0v) is 15.3. The molecule has 1 amide bonds. The van der Waals surface area contributed by atoms with E-state index in [9.17, 15) is 4.79 Å². The maximum Gasteiger partial charge on any atom is 0.232 e. The summed E-state index contributed by atoms with van der Waals surface area (Å²) in [6.07, 6.45) is 0.341. The van der Waals surface area contributed by atoms with Crippen LogP contribution in [0, 0.1) is 22.2 Å². The number of nitriles is 1. The predicted molar refractivity (Wildman–Crippen MR) is 95.6 cm³/mol. The van der Waals surface area contributed by atoms with Gasteiger partial charge in [0, 0.05) is 13.6 Å². The van der Waals surface area contributed by atoms with Gasteiger partial charge in [-0.2, -0.15) is 5.26 Å². The maximum atomic E-state index is 12.0. The second-order valence-corrected chi connectivity index (χ2v) is 7.69. The van der Waals surface area contributed by atoms with E-state index < -0.39 is 0 Å². The molecule has 1 heterocycles. The molecule has 0 spiro atoms. The SMILES string of the molecule is Cc1ccccc1-n1nc(SCC(=O)N(C)CCC#N)sc1=S. The van der Waals surface area contributed by atoms with Crippen LogP contribution in [0.2, 0.25) is 0 Å². The van der Waals surface area contributed by atoms with Gasteiger partial charge in [0.2, 0.25) is 5.91 Å². The zero-order chi connectivity index (χ0) is 16.8. The summed E-state index contributed by atoms with van der Waals surface area (Å²) >= 11 is 8.15. The van der Waals surface area contributed by atoms with E-state index in [1.807, 2.05) is 37.3 Å². The van der Waals surface area contributed by atoms with Crippen LogP contribution in [0.5, 0.6) is 0 Å². The van der Waals surface area contributed by atoms with Crippen LogP contribution in [0.1, 0.15) is 12.0 Å². The monoisotopic (exact) mass is 364 g/mol. The lowest BCUT2D eigenvalue weighted by molar-refractivity contribution is -0.127. The smallest absolute Gasteiger partial charge is 0.232 e. The number of carbonyl (C=O) groups excluding carboxylic acids is 1. The first kappa shape index (κ1) is 17.7. The molecule has 0 bridgehead atoms. The van der Waals surface area contributed by atoms with Crippen LogP contribution in [0.15, 0.2) is 28.6 Å². The summed E-state index contributed by atoms with van der Waals surface area (Å²) in [4.78, 5) is 13.5. The third-order valence-corrected chi connectivity index (χ3v) is 5.53. The number of rotatable bonds is 6. The van der Waals surface area contributed by atoms with Crippen molar-refractivity contribution in [2.75, 3.05) is 19.3 Å². The third-order valence-electron chi connectivity index (χ3n) is 3.18. The van der Waals surface area contributed by atoms with Gasteiger partial charge in [-0.05, 0) is 30.8 Å². The van der Waals surface area contributed by atoms with E-state index in [0.29, 0.717) is 16.9 Å². The molecule has 120 valence electrons. The second-order valence-electron chi connectivity index (χ2n) is 4.84. The Bertz CT molecular complexity index is 791. The molecule has 1 aromatic heterocycles. The summed E-state index contributed by atoms with van der Waals surface area (Å²) < 4.78 is 3.16. The first-order chi connectivity index (χ1) is 11.0. The van der Waals surface area contributed by atoms with Gasteiger partial charge in [-0.25, -0.2) is 4.68 Å². The van der Waals surface area contributed by atoms with Gasteiger partial charge in [0.25, 0.3) is 0 Å². The molecule has 0 aliphatic carbocycles. The molecule has 0 radical (unpaired) electrons. The van der Waals surface area contributed by atoms with Crippen LogP contribution in [-0.4, -0.2) is 39.9 Å². The van der Waals surface area contributed by atoms with Crippen molar-refractivity contribution >= 4 is 41.2 Å². The number of hydrogen-bond acceptors (Lipinski definition) is 6. The molecule has 0 N–H and O–H groups in total. The van der Waals surface area contributed by atoms with E-state index in [1.165, 1.54) is 23.1 Å². The molecular formula is C15H16N4OS3. The van der Waals surface area contributed by atoms with Gasteiger partial charge in [-0.15, -0.1) is 5.10 Å². The van der Waals surface area contributed by atoms with E-state index in [1.54, 1.807) is 16.6 Å². The van der Waals surface area contributed by atoms with Crippen molar-refractivity contribution in [3.05, 3.63) is 33.8 Å². The van der Waals surface area contributed by atoms with E-state index in [0.717, 1.165) is 15.6 Å². The van der Waals surface area contributed by atoms with Crippen molar-refractivity contribution in [2.24, 2.45) is 0 Å². The van der Waals surface area contributed by atoms with Gasteiger partial charge in [0.1, 0.15) is 0 Å². The van der Waals surface area contributed by atoms with Crippen molar-refractivity contribution in [1.29, 1.82) is 5.26 Å². The molecule has 0 aliphatic rings. The number of aryl methyl sites for hydroxylation is 1. The lowest BCUT2D eigenvalue weighted by atomic mass is 10.2. The fourth-order valence-corrected chi connectivity index (χ4v) is 4.14. The molecule has 0 unspecified atom stereocenters. The second kappa shape index (κ2) is 8.24. The van der Waals surface area contributed by atoms with Crippen LogP contribution in [0.4, 0.5) is 0 Å². The van der Waals surface area contributed by atoms with Crippen molar-refractivity contribution in [3.8, 4) is 11.8 Å². The average molecular weight is 365 g/mol. The number of thioether (sulfide) groups is 1. The van der Waals surface area contributed by atoms with Gasteiger partial charge in [0.15, 0.2) is 8.29 Å². The van der Waals surface area contributed by atoms with Crippen molar-refractivity contribution < 1.29 is 4.79 Å². The molecule has 0 atom stereocenters. The number of nitrogens with zero attached hydrogens (tertiary/aromatic N) is 4. The number of hydrogen-bond donors (Lipinski definition) is 0. The molecule has 0 fully saturated rings. The molecule has 23 heavy (non-hydrogen) atoms. The molecule has 5 nitrogen and oxygen atoms in total. The van der Waals surface area contributed by atoms with E-state index >= 15 is 0 Å². The summed E-state index contributed by atoms with van der Waals surface area (Å²) in [6, 6.07) is 9.94. The molecule has 0 saturated carbocycles. The van der Waals surface area contributed by atoms with Crippen molar-refractivity contribution in [3.63, 3.8) is 0 Å². The van der Waals surface area contributed by atoms with Crippen molar-refractivity contribution in [1.82, 2.24) is 14.7 Å². The van der Waals surface area contributed by atoms with Gasteiger partial charge in [0.05, 0.1) is 23.9 Å². The van der Waals surface area contributed by atoms with E-state index in [2.05, 4.69) is 5.10 Å². The molecule has 0 saturated heterocycles. The lowest BCUT2D eigenvalue weighted by Gasteiger charge is -2.14. The Hall–Kier alpha value is -1.69. The number of carbonyl (C=O) groups is 1. The highest BCUT2D eigenvalue weighted by atomic mass is 32.2. The number of amides is 1. The topological polar surface area (TPSA) is 61.9 Å². The van der Waals surface area contributed by atoms with Crippen LogP contribution in [0.25, 0.3) is 5.69 Å². The predicted octanol–water partition coefficient (Wildman–Crippen LogP) is 3.44. The summed E-state index contributed by atoms with van der Waals surface area (Å²) in [7, 11) is 1.70. The summed E-state index contributed by atoms with van der Waals surface area (Å²) in [5.74, 6) is 0.270. The average Bonchev–Trinajstić information content (AvgIpc) is 2.91. The van der Waals surface area contributed by atoms with Gasteiger partial charge in [-0.3, -0.25) is 4.79 Å². The Morgan fingerprint density at radius 3 is 2.96 bits per heavy atom. The minimum atomic E-state index is -0.0196. The molecule has 1 aromatic carbocycles. The van der Waals surface area contributed by atoms with Gasteiger partial charge >= 0.3 is 0 Å². The minimum Gasteiger partial charge on any atom is -0.344 e. The van der Waals surface area contributed by atoms with E-state index in [-0.39, 0.29) is 11.7 Å². The summed E-state index contributed by atoms with van der Waals surface area (Å²) in [5.41, 5.74) is 2.05. The fourth-order valence-electron chi connectivity index (χ4n) is 1.85. The normalized spacial score (nSPS) is 10.3. The lowest BCUT2D eigenvalue weighted by Crippen LogP contribution is -2.29. The van der Waals surface area contributed by atoms with Crippen LogP contribution < -0.4 is 0 Å². The Kier molecular flexibility index (Phi) is 6.33. The summed E-state index contributed by atoms with van der Waals surface area (Å²) in [6.45, 7) is 2.46. The quantitative estimate of drug-likeness (QED) is 0.580. The standard InChI is InChI=1S/C15H16N4OS3/c1-11-6-3-4-7-12(11)19-15(21)23-14(17-19)22-10-13(20)18(2)9-5-8-16/h3-4,6-7H,5,9-10H2,1-2H3. The Morgan fingerprint density at radius 2 is 2.26 bits per heavy atom. The molecular weight excluding hydrogens is 348 g/mol. The zero-order valence-electron chi connectivity index (χ0n) is 12.9. The van der Waals surface area contributed by atoms with Crippen LogP contribution in [-0.2, 0) is 4.79 Å². The van der Waals surface area contributed by atoms with Crippen LogP contribution >= 0.6 is 35.3 Å². The first-order valence-corrected chi connectivity index (χ1v) is 9.14. The highest BCUT2D eigenvalue weighted by Crippen LogP contribution is 2.25. The highest BCUT2D eigenvalue weighted by molar-refractivity contribution is 8.01. The van der Waals surface area contributed by atoms with Crippen LogP contribution in [0.3, 0.4) is 0 Å². The Morgan fingerprint density at radius 1 is 1.52 bits per heavy atom. The van der Waals surface area contributed by atoms with E-state index in [4.69, 9.17) is 17.5 Å².